The SMILES string of the molecule is COc1cc(Nc2c(C#N)cnc3cc(-c4cc(CN5CCNCC5)co4)c(OC)cc23)c(Cl)cc1Cl. The van der Waals surface area contributed by atoms with Gasteiger partial charge >= 0.3 is 0 Å². The molecule has 0 bridgehead atoms. The third-order valence-corrected chi connectivity index (χ3v) is 6.95. The van der Waals surface area contributed by atoms with Crippen molar-refractivity contribution in [3.63, 3.8) is 0 Å². The van der Waals surface area contributed by atoms with E-state index in [1.165, 1.54) is 13.3 Å². The predicted octanol–water partition coefficient (Wildman–Crippen LogP) is 5.84. The molecule has 0 spiro atoms. The summed E-state index contributed by atoms with van der Waals surface area (Å²) in [5.74, 6) is 1.74. The number of nitrogens with one attached hydrogen (secondary N) is 2. The zero-order valence-corrected chi connectivity index (χ0v) is 21.9. The Balaban J connectivity index is 1.54. The molecule has 0 unspecified atom stereocenters. The number of hydrogen-bond donors (Lipinski definition) is 2. The van der Waals surface area contributed by atoms with Crippen LogP contribution in [0.1, 0.15) is 11.1 Å². The summed E-state index contributed by atoms with van der Waals surface area (Å²) in [7, 11) is 3.13. The number of methoxy groups -OCH3 is 2. The van der Waals surface area contributed by atoms with Crippen molar-refractivity contribution >= 4 is 45.5 Å². The first-order valence-electron chi connectivity index (χ1n) is 11.7. The van der Waals surface area contributed by atoms with Crippen molar-refractivity contribution in [1.82, 2.24) is 15.2 Å². The minimum Gasteiger partial charge on any atom is -0.496 e. The number of rotatable bonds is 7. The second-order valence-electron chi connectivity index (χ2n) is 8.67. The number of ether oxygens (including phenoxy) is 2. The van der Waals surface area contributed by atoms with Crippen molar-refractivity contribution in [3.05, 3.63) is 64.0 Å². The van der Waals surface area contributed by atoms with Gasteiger partial charge in [0, 0.05) is 55.9 Å². The number of anilines is 2. The summed E-state index contributed by atoms with van der Waals surface area (Å²) < 4.78 is 17.0. The fourth-order valence-corrected chi connectivity index (χ4v) is 4.95. The first kappa shape index (κ1) is 25.2. The molecule has 1 aliphatic rings. The normalized spacial score (nSPS) is 13.9. The molecule has 0 amide bonds. The fraction of sp³-hybridized carbons (Fsp3) is 0.259. The molecule has 1 fully saturated rings. The van der Waals surface area contributed by atoms with Crippen LogP contribution in [0, 0.1) is 11.3 Å². The Morgan fingerprint density at radius 2 is 1.86 bits per heavy atom. The average molecular weight is 538 g/mol. The molecule has 3 heterocycles. The molecule has 0 saturated carbocycles. The van der Waals surface area contributed by atoms with E-state index in [0.29, 0.717) is 55.1 Å². The van der Waals surface area contributed by atoms with Crippen LogP contribution in [0.3, 0.4) is 0 Å². The van der Waals surface area contributed by atoms with Gasteiger partial charge < -0.3 is 24.5 Å². The quantitative estimate of drug-likeness (QED) is 0.303. The summed E-state index contributed by atoms with van der Waals surface area (Å²) in [5.41, 5.74) is 3.97. The van der Waals surface area contributed by atoms with Crippen LogP contribution in [-0.4, -0.2) is 50.3 Å². The average Bonchev–Trinajstić information content (AvgIpc) is 3.38. The van der Waals surface area contributed by atoms with Gasteiger partial charge in [0.1, 0.15) is 23.3 Å². The van der Waals surface area contributed by atoms with Crippen LogP contribution in [0.2, 0.25) is 10.0 Å². The lowest BCUT2D eigenvalue weighted by Gasteiger charge is -2.26. The molecular weight excluding hydrogens is 513 g/mol. The molecule has 0 aliphatic carbocycles. The number of hydrogen-bond acceptors (Lipinski definition) is 8. The zero-order chi connectivity index (χ0) is 25.9. The van der Waals surface area contributed by atoms with E-state index in [0.717, 1.165) is 43.9 Å². The summed E-state index contributed by atoms with van der Waals surface area (Å²) in [5, 5.41) is 17.9. The maximum atomic E-state index is 9.80. The Bertz CT molecular complexity index is 1490. The van der Waals surface area contributed by atoms with E-state index in [9.17, 15) is 5.26 Å². The summed E-state index contributed by atoms with van der Waals surface area (Å²) in [6, 6.07) is 11.3. The van der Waals surface area contributed by atoms with Crippen molar-refractivity contribution < 1.29 is 13.9 Å². The van der Waals surface area contributed by atoms with Crippen molar-refractivity contribution in [2.75, 3.05) is 45.7 Å². The molecule has 5 rings (SSSR count). The molecule has 1 saturated heterocycles. The van der Waals surface area contributed by atoms with Gasteiger partial charge in [-0.3, -0.25) is 9.88 Å². The fourth-order valence-electron chi connectivity index (χ4n) is 4.44. The largest absolute Gasteiger partial charge is 0.496 e. The number of halogens is 2. The Morgan fingerprint density at radius 3 is 2.59 bits per heavy atom. The maximum Gasteiger partial charge on any atom is 0.139 e. The van der Waals surface area contributed by atoms with Crippen molar-refractivity contribution in [3.8, 4) is 28.9 Å². The van der Waals surface area contributed by atoms with E-state index in [2.05, 4.69) is 26.6 Å². The summed E-state index contributed by atoms with van der Waals surface area (Å²) >= 11 is 12.6. The van der Waals surface area contributed by atoms with E-state index < -0.39 is 0 Å². The Kier molecular flexibility index (Phi) is 7.40. The molecule has 2 aromatic heterocycles. The van der Waals surface area contributed by atoms with E-state index in [1.807, 2.05) is 18.2 Å². The standard InChI is InChI=1S/C27H25Cl2N5O3/c1-35-24-9-18-22(8-19(24)25-7-16(15-37-25)14-34-5-3-31-4-6-34)32-13-17(12-30)27(18)33-23-11-26(36-2)21(29)10-20(23)28/h7-11,13,15,31H,3-6,14H2,1-2H3,(H,32,33). The number of benzene rings is 2. The van der Waals surface area contributed by atoms with Crippen LogP contribution < -0.4 is 20.1 Å². The number of nitrogens with zero attached hydrogens (tertiary/aromatic N) is 3. The van der Waals surface area contributed by atoms with Gasteiger partial charge in [-0.1, -0.05) is 23.2 Å². The minimum atomic E-state index is 0.351. The van der Waals surface area contributed by atoms with E-state index in [-0.39, 0.29) is 0 Å². The van der Waals surface area contributed by atoms with Crippen LogP contribution in [0.15, 0.2) is 47.2 Å². The van der Waals surface area contributed by atoms with Gasteiger partial charge in [-0.25, -0.2) is 0 Å². The number of furan rings is 1. The highest BCUT2D eigenvalue weighted by atomic mass is 35.5. The van der Waals surface area contributed by atoms with Gasteiger partial charge in [0.05, 0.1) is 58.5 Å². The van der Waals surface area contributed by atoms with Crippen molar-refractivity contribution in [1.29, 1.82) is 5.26 Å². The molecule has 190 valence electrons. The van der Waals surface area contributed by atoms with Crippen molar-refractivity contribution in [2.24, 2.45) is 0 Å². The number of pyridine rings is 1. The first-order valence-corrected chi connectivity index (χ1v) is 12.5. The van der Waals surface area contributed by atoms with Crippen LogP contribution in [0.25, 0.3) is 22.2 Å². The first-order chi connectivity index (χ1) is 18.0. The smallest absolute Gasteiger partial charge is 0.139 e. The Hall–Kier alpha value is -3.48. The number of fused-ring (bicyclic) bond motifs is 1. The summed E-state index contributed by atoms with van der Waals surface area (Å²) in [4.78, 5) is 6.92. The summed E-state index contributed by atoms with van der Waals surface area (Å²) in [6.45, 7) is 4.81. The third kappa shape index (κ3) is 5.17. The molecule has 0 atom stereocenters. The zero-order valence-electron chi connectivity index (χ0n) is 20.4. The van der Waals surface area contributed by atoms with Gasteiger partial charge in [0.25, 0.3) is 0 Å². The van der Waals surface area contributed by atoms with Crippen LogP contribution in [-0.2, 0) is 6.54 Å². The lowest BCUT2D eigenvalue weighted by Crippen LogP contribution is -2.42. The van der Waals surface area contributed by atoms with E-state index in [1.54, 1.807) is 25.5 Å². The van der Waals surface area contributed by atoms with Gasteiger partial charge in [-0.15, -0.1) is 0 Å². The van der Waals surface area contributed by atoms with Crippen molar-refractivity contribution in [2.45, 2.75) is 6.54 Å². The van der Waals surface area contributed by atoms with Crippen LogP contribution in [0.4, 0.5) is 11.4 Å². The molecule has 4 aromatic rings. The molecule has 8 nitrogen and oxygen atoms in total. The van der Waals surface area contributed by atoms with E-state index in [4.69, 9.17) is 37.1 Å². The maximum absolute atomic E-state index is 9.80. The lowest BCUT2D eigenvalue weighted by molar-refractivity contribution is 0.232. The Morgan fingerprint density at radius 1 is 1.08 bits per heavy atom. The highest BCUT2D eigenvalue weighted by Crippen LogP contribution is 2.41. The number of nitriles is 1. The number of piperazine rings is 1. The topological polar surface area (TPSA) is 95.6 Å². The van der Waals surface area contributed by atoms with Gasteiger partial charge in [0.2, 0.25) is 0 Å². The van der Waals surface area contributed by atoms with Gasteiger partial charge in [-0.2, -0.15) is 5.26 Å². The second kappa shape index (κ2) is 10.9. The van der Waals surface area contributed by atoms with Crippen LogP contribution >= 0.6 is 23.2 Å². The Labute approximate surface area is 224 Å². The molecule has 10 heteroatoms. The van der Waals surface area contributed by atoms with E-state index >= 15 is 0 Å². The highest BCUT2D eigenvalue weighted by Gasteiger charge is 2.19. The highest BCUT2D eigenvalue weighted by molar-refractivity contribution is 6.37. The predicted molar refractivity (Wildman–Crippen MR) is 145 cm³/mol. The molecule has 2 N–H and O–H groups in total. The molecule has 0 radical (unpaired) electrons. The monoisotopic (exact) mass is 537 g/mol. The molecule has 37 heavy (non-hydrogen) atoms. The molecule has 2 aromatic carbocycles. The molecular formula is C27H25Cl2N5O3. The third-order valence-electron chi connectivity index (χ3n) is 6.35. The summed E-state index contributed by atoms with van der Waals surface area (Å²) in [6.07, 6.45) is 3.32. The van der Waals surface area contributed by atoms with Gasteiger partial charge in [0.15, 0.2) is 0 Å². The second-order valence-corrected chi connectivity index (χ2v) is 9.48. The van der Waals surface area contributed by atoms with Crippen LogP contribution in [0.5, 0.6) is 11.5 Å². The van der Waals surface area contributed by atoms with Gasteiger partial charge in [-0.05, 0) is 24.3 Å². The number of aromatic nitrogens is 1. The lowest BCUT2D eigenvalue weighted by atomic mass is 10.0. The molecule has 1 aliphatic heterocycles. The minimum absolute atomic E-state index is 0.351.